The number of nitrogens with two attached hydrogens (primary N) is 1. The zero-order valence-electron chi connectivity index (χ0n) is 25.9. The minimum Gasteiger partial charge on any atom is -0.858 e. The third-order valence-electron chi connectivity index (χ3n) is 9.50. The van der Waals surface area contributed by atoms with E-state index in [4.69, 9.17) is 10.5 Å². The Morgan fingerprint density at radius 2 is 1.87 bits per heavy atom. The van der Waals surface area contributed by atoms with Crippen LogP contribution in [0.25, 0.3) is 28.2 Å². The van der Waals surface area contributed by atoms with E-state index in [0.717, 1.165) is 65.4 Å². The van der Waals surface area contributed by atoms with Gasteiger partial charge in [0, 0.05) is 35.6 Å². The number of rotatable bonds is 8. The number of aliphatic imine (C=N–C) groups is 1. The van der Waals surface area contributed by atoms with Crippen LogP contribution in [0.5, 0.6) is 5.75 Å². The maximum absolute atomic E-state index is 13.4. The number of hydrogen-bond donors (Lipinski definition) is 2. The van der Waals surface area contributed by atoms with Crippen molar-refractivity contribution in [2.24, 2.45) is 15.1 Å². The molecule has 1 aliphatic heterocycles. The summed E-state index contributed by atoms with van der Waals surface area (Å²) in [4.78, 5) is 17.4. The van der Waals surface area contributed by atoms with E-state index in [1.54, 1.807) is 49.2 Å². The van der Waals surface area contributed by atoms with E-state index in [0.29, 0.717) is 36.8 Å². The number of carbonyl (C=O) groups excluding carboxylic acids is 1. The van der Waals surface area contributed by atoms with Crippen LogP contribution in [-0.4, -0.2) is 49.9 Å². The van der Waals surface area contributed by atoms with Gasteiger partial charge in [-0.25, -0.2) is 8.42 Å². The minimum atomic E-state index is -3.88. The molecular formula is C34H37IN5O5S-. The van der Waals surface area contributed by atoms with Crippen LogP contribution < -0.4 is 19.1 Å². The number of carbonyl (C=O) groups is 1. The fourth-order valence-corrected chi connectivity index (χ4v) is 8.68. The van der Waals surface area contributed by atoms with Crippen molar-refractivity contribution in [1.29, 1.82) is 0 Å². The van der Waals surface area contributed by atoms with Gasteiger partial charge in [0.15, 0.2) is 0 Å². The smallest absolute Gasteiger partial charge is 0.263 e. The van der Waals surface area contributed by atoms with Gasteiger partial charge < -0.3 is 20.1 Å². The lowest BCUT2D eigenvalue weighted by Gasteiger charge is -2.24. The average Bonchev–Trinajstić information content (AvgIpc) is 3.24. The average molecular weight is 755 g/mol. The molecule has 0 radical (unpaired) electrons. The summed E-state index contributed by atoms with van der Waals surface area (Å²) >= 11 is 1.78. The van der Waals surface area contributed by atoms with Gasteiger partial charge in [-0.05, 0) is 84.2 Å². The predicted octanol–water partition coefficient (Wildman–Crippen LogP) is 5.13. The maximum Gasteiger partial charge on any atom is 0.263 e. The molecule has 0 spiro atoms. The van der Waals surface area contributed by atoms with Crippen LogP contribution in [0.1, 0.15) is 74.0 Å². The Morgan fingerprint density at radius 1 is 1.11 bits per heavy atom. The second kappa shape index (κ2) is 13.2. The molecule has 3 aromatic rings. The number of hydrogen-bond acceptors (Lipinski definition) is 7. The van der Waals surface area contributed by atoms with E-state index < -0.39 is 21.2 Å². The number of nitrogens with one attached hydrogen (secondary N) is 1. The predicted molar refractivity (Wildman–Crippen MR) is 189 cm³/mol. The number of sulfonamides is 1. The number of aromatic nitrogens is 1. The van der Waals surface area contributed by atoms with Gasteiger partial charge in [-0.15, -0.1) is 0 Å². The SMILES string of the molecule is CN=C(C1=Cc2cc(OC)ccc2-c2c(C3CCCCC3)c3ccc(C([O-])=NS(=O)(=O)C4CCC4)cc3n2C1)C(=CN)C(=O)NI. The molecule has 1 amide bonds. The van der Waals surface area contributed by atoms with Crippen molar-refractivity contribution in [3.63, 3.8) is 0 Å². The van der Waals surface area contributed by atoms with Gasteiger partial charge in [-0.2, -0.15) is 4.40 Å². The second-order valence-electron chi connectivity index (χ2n) is 12.1. The molecule has 3 N–H and O–H groups in total. The van der Waals surface area contributed by atoms with Crippen LogP contribution in [-0.2, 0) is 21.4 Å². The number of fused-ring (bicyclic) bond motifs is 5. The van der Waals surface area contributed by atoms with E-state index in [9.17, 15) is 18.3 Å². The first-order chi connectivity index (χ1) is 22.2. The molecule has 2 saturated carbocycles. The third-order valence-corrected chi connectivity index (χ3v) is 11.7. The molecule has 0 unspecified atom stereocenters. The normalized spacial score (nSPS) is 18.3. The van der Waals surface area contributed by atoms with Crippen molar-refractivity contribution in [3.8, 4) is 17.0 Å². The maximum atomic E-state index is 13.4. The van der Waals surface area contributed by atoms with Crippen molar-refractivity contribution in [3.05, 3.63) is 70.4 Å². The number of ether oxygens (including phenoxy) is 1. The first-order valence-corrected chi connectivity index (χ1v) is 18.2. The highest BCUT2D eigenvalue weighted by Crippen LogP contribution is 2.47. The Labute approximate surface area is 283 Å². The summed E-state index contributed by atoms with van der Waals surface area (Å²) in [5, 5.41) is 13.8. The Bertz CT molecular complexity index is 1930. The number of nitrogens with zero attached hydrogens (tertiary/aromatic N) is 3. The van der Waals surface area contributed by atoms with Gasteiger partial charge in [0.2, 0.25) is 0 Å². The molecule has 6 rings (SSSR count). The molecule has 2 fully saturated rings. The summed E-state index contributed by atoms with van der Waals surface area (Å²) in [5.41, 5.74) is 12.5. The molecule has 3 aliphatic rings. The highest BCUT2D eigenvalue weighted by Gasteiger charge is 2.32. The molecule has 242 valence electrons. The summed E-state index contributed by atoms with van der Waals surface area (Å²) < 4.78 is 39.7. The largest absolute Gasteiger partial charge is 0.858 e. The number of benzene rings is 2. The first-order valence-electron chi connectivity index (χ1n) is 15.6. The van der Waals surface area contributed by atoms with Crippen molar-refractivity contribution in [2.75, 3.05) is 14.2 Å². The Balaban J connectivity index is 1.62. The number of allylic oxidation sites excluding steroid dienone is 1. The topological polar surface area (TPSA) is 151 Å². The highest BCUT2D eigenvalue weighted by atomic mass is 127. The molecule has 1 aromatic heterocycles. The van der Waals surface area contributed by atoms with Crippen LogP contribution in [0.3, 0.4) is 0 Å². The van der Waals surface area contributed by atoms with Crippen molar-refractivity contribution in [2.45, 2.75) is 69.1 Å². The van der Waals surface area contributed by atoms with E-state index in [-0.39, 0.29) is 17.0 Å². The van der Waals surface area contributed by atoms with Gasteiger partial charge in [0.05, 0.1) is 58.7 Å². The Morgan fingerprint density at radius 3 is 2.50 bits per heavy atom. The summed E-state index contributed by atoms with van der Waals surface area (Å²) in [5.74, 6) is -0.143. The molecule has 10 nitrogen and oxygen atoms in total. The molecule has 2 aliphatic carbocycles. The Hall–Kier alpha value is -3.65. The van der Waals surface area contributed by atoms with Crippen LogP contribution in [0.15, 0.2) is 63.1 Å². The standard InChI is InChI=1S/C34H38IN5O5S/c1-37-31(28(18-36)34(42)38-35)23-15-22-16-24(45-2)12-14-26(22)32-30(20-7-4-3-5-8-20)27-13-11-21(17-29(27)40(32)19-23)33(41)39-46(43,44)25-9-6-10-25/h11-18,20,25H,3-10,19,36H2,1-2H3,(H,38,42)(H,39,41)/p-1. The van der Waals surface area contributed by atoms with E-state index in [2.05, 4.69) is 23.6 Å². The van der Waals surface area contributed by atoms with Crippen LogP contribution in [0.2, 0.25) is 0 Å². The summed E-state index contributed by atoms with van der Waals surface area (Å²) in [7, 11) is -0.625. The lowest BCUT2D eigenvalue weighted by molar-refractivity contribution is -0.212. The molecule has 0 bridgehead atoms. The van der Waals surface area contributed by atoms with Gasteiger partial charge in [0.25, 0.3) is 15.9 Å². The number of amides is 1. The quantitative estimate of drug-likeness (QED) is 0.107. The van der Waals surface area contributed by atoms with Crippen molar-refractivity contribution in [1.82, 2.24) is 8.10 Å². The molecule has 0 atom stereocenters. The van der Waals surface area contributed by atoms with Crippen LogP contribution in [0, 0.1) is 0 Å². The summed E-state index contributed by atoms with van der Waals surface area (Å²) in [6.45, 7) is 0.323. The molecule has 12 heteroatoms. The van der Waals surface area contributed by atoms with Crippen molar-refractivity contribution >= 4 is 67.4 Å². The molecular weight excluding hydrogens is 717 g/mol. The lowest BCUT2D eigenvalue weighted by atomic mass is 9.81. The molecule has 2 aromatic carbocycles. The fourth-order valence-electron chi connectivity index (χ4n) is 6.98. The highest BCUT2D eigenvalue weighted by molar-refractivity contribution is 14.1. The third kappa shape index (κ3) is 5.85. The first kappa shape index (κ1) is 32.3. The number of methoxy groups -OCH3 is 1. The molecule has 46 heavy (non-hydrogen) atoms. The van der Waals surface area contributed by atoms with Gasteiger partial charge in [-0.1, -0.05) is 37.8 Å². The summed E-state index contributed by atoms with van der Waals surface area (Å²) in [6, 6.07) is 11.4. The molecule has 2 heterocycles. The Kier molecular flexibility index (Phi) is 9.28. The second-order valence-corrected chi connectivity index (χ2v) is 14.5. The zero-order chi connectivity index (χ0) is 32.6. The minimum absolute atomic E-state index is 0.215. The van der Waals surface area contributed by atoms with E-state index in [1.807, 2.05) is 24.3 Å². The summed E-state index contributed by atoms with van der Waals surface area (Å²) in [6.07, 6.45) is 10.7. The zero-order valence-corrected chi connectivity index (χ0v) is 28.9. The van der Waals surface area contributed by atoms with Gasteiger partial charge in [0.1, 0.15) is 5.75 Å². The monoisotopic (exact) mass is 754 g/mol. The van der Waals surface area contributed by atoms with Gasteiger partial charge >= 0.3 is 0 Å². The fraction of sp³-hybridized carbons (Fsp3) is 0.382. The van der Waals surface area contributed by atoms with Crippen LogP contribution >= 0.6 is 22.9 Å². The number of halogens is 1. The van der Waals surface area contributed by atoms with Crippen LogP contribution in [0.4, 0.5) is 0 Å². The van der Waals surface area contributed by atoms with Crippen molar-refractivity contribution < 1.29 is 23.1 Å². The van der Waals surface area contributed by atoms with E-state index >= 15 is 0 Å². The van der Waals surface area contributed by atoms with Gasteiger partial charge in [-0.3, -0.25) is 13.3 Å². The van der Waals surface area contributed by atoms with E-state index in [1.165, 1.54) is 18.2 Å². The molecule has 0 saturated heterocycles. The lowest BCUT2D eigenvalue weighted by Crippen LogP contribution is -2.30.